The third-order valence-corrected chi connectivity index (χ3v) is 4.52. The maximum atomic E-state index is 11.2. The number of rotatable bonds is 3. The Morgan fingerprint density at radius 1 is 1.40 bits per heavy atom. The number of hydrogen-bond donors (Lipinski definition) is 1. The van der Waals surface area contributed by atoms with Gasteiger partial charge in [0.05, 0.1) is 18.6 Å². The fourth-order valence-corrected chi connectivity index (χ4v) is 3.40. The Bertz CT molecular complexity index is 502. The molecule has 1 unspecified atom stereocenters. The van der Waals surface area contributed by atoms with Crippen molar-refractivity contribution in [1.29, 1.82) is 0 Å². The van der Waals surface area contributed by atoms with Gasteiger partial charge in [0.2, 0.25) is 0 Å². The van der Waals surface area contributed by atoms with Gasteiger partial charge in [-0.2, -0.15) is 0 Å². The van der Waals surface area contributed by atoms with E-state index in [0.29, 0.717) is 6.54 Å². The minimum absolute atomic E-state index is 0.0831. The molecule has 1 aromatic carbocycles. The van der Waals surface area contributed by atoms with Crippen LogP contribution in [0.1, 0.15) is 24.2 Å². The van der Waals surface area contributed by atoms with Crippen molar-refractivity contribution in [2.75, 3.05) is 26.2 Å². The lowest BCUT2D eigenvalue weighted by Gasteiger charge is -2.29. The van der Waals surface area contributed by atoms with Crippen molar-refractivity contribution < 1.29 is 14.6 Å². The quantitative estimate of drug-likeness (QED) is 0.916. The SMILES string of the molecule is C[C@@H]1CN(CC2OCCc3ccccc32)C[C@H]1C(=O)O. The van der Waals surface area contributed by atoms with E-state index >= 15 is 0 Å². The summed E-state index contributed by atoms with van der Waals surface area (Å²) >= 11 is 0. The molecule has 0 bridgehead atoms. The molecule has 0 aliphatic carbocycles. The Kier molecular flexibility index (Phi) is 3.76. The number of aliphatic carboxylic acids is 1. The third kappa shape index (κ3) is 2.58. The van der Waals surface area contributed by atoms with Crippen LogP contribution in [-0.2, 0) is 16.0 Å². The van der Waals surface area contributed by atoms with Crippen molar-refractivity contribution in [2.24, 2.45) is 11.8 Å². The standard InChI is InChI=1S/C16H21NO3/c1-11-8-17(9-14(11)16(18)19)10-15-13-5-3-2-4-12(13)6-7-20-15/h2-5,11,14-15H,6-10H2,1H3,(H,18,19)/t11-,14-,15?/m1/s1. The van der Waals surface area contributed by atoms with Gasteiger partial charge in [-0.05, 0) is 23.5 Å². The van der Waals surface area contributed by atoms with E-state index in [0.717, 1.165) is 26.1 Å². The molecule has 4 heteroatoms. The number of ether oxygens (including phenoxy) is 1. The van der Waals surface area contributed by atoms with Crippen molar-refractivity contribution >= 4 is 5.97 Å². The topological polar surface area (TPSA) is 49.8 Å². The second-order valence-electron chi connectivity index (χ2n) is 5.95. The highest BCUT2D eigenvalue weighted by Crippen LogP contribution is 2.30. The zero-order valence-corrected chi connectivity index (χ0v) is 11.8. The average Bonchev–Trinajstić information content (AvgIpc) is 2.80. The minimum atomic E-state index is -0.676. The first kappa shape index (κ1) is 13.6. The monoisotopic (exact) mass is 275 g/mol. The van der Waals surface area contributed by atoms with Crippen LogP contribution >= 0.6 is 0 Å². The van der Waals surface area contributed by atoms with Crippen LogP contribution in [0.15, 0.2) is 24.3 Å². The molecule has 0 amide bonds. The van der Waals surface area contributed by atoms with Crippen LogP contribution in [0.5, 0.6) is 0 Å². The molecule has 2 heterocycles. The van der Waals surface area contributed by atoms with Gasteiger partial charge >= 0.3 is 5.97 Å². The van der Waals surface area contributed by atoms with Crippen LogP contribution in [0.2, 0.25) is 0 Å². The fraction of sp³-hybridized carbons (Fsp3) is 0.562. The van der Waals surface area contributed by atoms with Crippen LogP contribution in [0.4, 0.5) is 0 Å². The van der Waals surface area contributed by atoms with E-state index < -0.39 is 5.97 Å². The Labute approximate surface area is 119 Å². The van der Waals surface area contributed by atoms with Crippen molar-refractivity contribution in [3.63, 3.8) is 0 Å². The summed E-state index contributed by atoms with van der Waals surface area (Å²) in [5.74, 6) is -0.704. The highest BCUT2D eigenvalue weighted by Gasteiger charge is 2.36. The number of nitrogens with zero attached hydrogens (tertiary/aromatic N) is 1. The molecule has 2 aliphatic rings. The largest absolute Gasteiger partial charge is 0.481 e. The molecule has 0 aromatic heterocycles. The number of fused-ring (bicyclic) bond motifs is 1. The van der Waals surface area contributed by atoms with Crippen molar-refractivity contribution in [1.82, 2.24) is 4.90 Å². The van der Waals surface area contributed by atoms with Crippen molar-refractivity contribution in [2.45, 2.75) is 19.4 Å². The van der Waals surface area contributed by atoms with Crippen LogP contribution < -0.4 is 0 Å². The highest BCUT2D eigenvalue weighted by molar-refractivity contribution is 5.71. The number of carbonyl (C=O) groups is 1. The van der Waals surface area contributed by atoms with Crippen molar-refractivity contribution in [3.8, 4) is 0 Å². The number of carboxylic acids is 1. The summed E-state index contributed by atoms with van der Waals surface area (Å²) in [4.78, 5) is 13.4. The lowest BCUT2D eigenvalue weighted by molar-refractivity contribution is -0.142. The Hall–Kier alpha value is -1.39. The number of carboxylic acid groups (broad SMARTS) is 1. The van der Waals surface area contributed by atoms with E-state index in [2.05, 4.69) is 23.1 Å². The first-order chi connectivity index (χ1) is 9.65. The predicted molar refractivity (Wildman–Crippen MR) is 75.6 cm³/mol. The number of benzene rings is 1. The molecule has 3 rings (SSSR count). The minimum Gasteiger partial charge on any atom is -0.481 e. The molecule has 3 atom stereocenters. The van der Waals surface area contributed by atoms with Gasteiger partial charge in [0, 0.05) is 19.6 Å². The Morgan fingerprint density at radius 3 is 2.95 bits per heavy atom. The summed E-state index contributed by atoms with van der Waals surface area (Å²) in [7, 11) is 0. The molecule has 1 fully saturated rings. The van der Waals surface area contributed by atoms with Gasteiger partial charge in [-0.25, -0.2) is 0 Å². The molecule has 1 saturated heterocycles. The Balaban J connectivity index is 1.69. The summed E-state index contributed by atoms with van der Waals surface area (Å²) in [6.45, 7) is 5.06. The molecule has 20 heavy (non-hydrogen) atoms. The van der Waals surface area contributed by atoms with Crippen LogP contribution in [0.25, 0.3) is 0 Å². The maximum Gasteiger partial charge on any atom is 0.308 e. The third-order valence-electron chi connectivity index (χ3n) is 4.52. The molecule has 2 aliphatic heterocycles. The van der Waals surface area contributed by atoms with E-state index in [1.807, 2.05) is 13.0 Å². The highest BCUT2D eigenvalue weighted by atomic mass is 16.5. The first-order valence-corrected chi connectivity index (χ1v) is 7.29. The smallest absolute Gasteiger partial charge is 0.308 e. The summed E-state index contributed by atoms with van der Waals surface area (Å²) in [5, 5.41) is 9.21. The van der Waals surface area contributed by atoms with E-state index in [-0.39, 0.29) is 17.9 Å². The molecule has 0 radical (unpaired) electrons. The van der Waals surface area contributed by atoms with Gasteiger partial charge in [0.1, 0.15) is 0 Å². The van der Waals surface area contributed by atoms with E-state index in [1.54, 1.807) is 0 Å². The molecule has 0 saturated carbocycles. The predicted octanol–water partition coefficient (Wildman–Crippen LogP) is 1.95. The average molecular weight is 275 g/mol. The van der Waals surface area contributed by atoms with E-state index in [4.69, 9.17) is 4.74 Å². The van der Waals surface area contributed by atoms with Crippen molar-refractivity contribution in [3.05, 3.63) is 35.4 Å². The summed E-state index contributed by atoms with van der Waals surface area (Å²) in [6.07, 6.45) is 1.06. The number of hydrogen-bond acceptors (Lipinski definition) is 3. The van der Waals surface area contributed by atoms with E-state index in [9.17, 15) is 9.90 Å². The van der Waals surface area contributed by atoms with Gasteiger partial charge in [-0.1, -0.05) is 31.2 Å². The lowest BCUT2D eigenvalue weighted by atomic mass is 9.97. The number of likely N-dealkylation sites (tertiary alicyclic amines) is 1. The second kappa shape index (κ2) is 5.54. The second-order valence-corrected chi connectivity index (χ2v) is 5.95. The van der Waals surface area contributed by atoms with Crippen LogP contribution in [0, 0.1) is 11.8 Å². The molecule has 1 aromatic rings. The van der Waals surface area contributed by atoms with Crippen LogP contribution in [0.3, 0.4) is 0 Å². The van der Waals surface area contributed by atoms with Gasteiger partial charge < -0.3 is 9.84 Å². The Morgan fingerprint density at radius 2 is 2.20 bits per heavy atom. The summed E-state index contributed by atoms with van der Waals surface area (Å²) in [6, 6.07) is 8.41. The van der Waals surface area contributed by atoms with E-state index in [1.165, 1.54) is 11.1 Å². The molecule has 108 valence electrons. The molecular weight excluding hydrogens is 254 g/mol. The normalized spacial score (nSPS) is 30.1. The summed E-state index contributed by atoms with van der Waals surface area (Å²) < 4.78 is 5.91. The zero-order chi connectivity index (χ0) is 14.1. The first-order valence-electron chi connectivity index (χ1n) is 7.29. The van der Waals surface area contributed by atoms with Crippen LogP contribution in [-0.4, -0.2) is 42.2 Å². The summed E-state index contributed by atoms with van der Waals surface area (Å²) in [5.41, 5.74) is 2.64. The zero-order valence-electron chi connectivity index (χ0n) is 11.8. The molecule has 1 N–H and O–H groups in total. The maximum absolute atomic E-state index is 11.2. The van der Waals surface area contributed by atoms with Gasteiger partial charge in [0.15, 0.2) is 0 Å². The lowest BCUT2D eigenvalue weighted by Crippen LogP contribution is -2.31. The molecular formula is C16H21NO3. The molecule has 4 nitrogen and oxygen atoms in total. The van der Waals surface area contributed by atoms with Gasteiger partial charge in [-0.3, -0.25) is 9.69 Å². The van der Waals surface area contributed by atoms with Gasteiger partial charge in [0.25, 0.3) is 0 Å². The molecule has 0 spiro atoms. The fourth-order valence-electron chi connectivity index (χ4n) is 3.40. The van der Waals surface area contributed by atoms with Gasteiger partial charge in [-0.15, -0.1) is 0 Å².